The highest BCUT2D eigenvalue weighted by atomic mass is 127. The number of halogens is 2. The molecule has 120 valence electrons. The van der Waals surface area contributed by atoms with Gasteiger partial charge in [-0.1, -0.05) is 23.7 Å². The second-order valence-corrected chi connectivity index (χ2v) is 6.52. The molecule has 2 aromatic carbocycles. The molecule has 1 aromatic heterocycles. The highest BCUT2D eigenvalue weighted by Crippen LogP contribution is 2.21. The normalized spacial score (nSPS) is 10.4. The fraction of sp³-hybridized carbons (Fsp3) is 0. The van der Waals surface area contributed by atoms with Crippen molar-refractivity contribution in [3.05, 3.63) is 69.0 Å². The monoisotopic (exact) mass is 451 g/mol. The van der Waals surface area contributed by atoms with Gasteiger partial charge in [0.25, 0.3) is 5.91 Å². The molecule has 3 rings (SSSR count). The Hall–Kier alpha value is -2.19. The van der Waals surface area contributed by atoms with Crippen LogP contribution in [0.3, 0.4) is 0 Å². The first kappa shape index (κ1) is 16.7. The molecule has 7 heteroatoms. The van der Waals surface area contributed by atoms with Crippen LogP contribution in [0.5, 0.6) is 5.75 Å². The van der Waals surface area contributed by atoms with E-state index in [1.165, 1.54) is 12.4 Å². The Balaban J connectivity index is 1.79. The van der Waals surface area contributed by atoms with Gasteiger partial charge in [0.2, 0.25) is 0 Å². The maximum atomic E-state index is 12.3. The van der Waals surface area contributed by atoms with Crippen LogP contribution in [0.4, 0.5) is 5.69 Å². The average molecular weight is 452 g/mol. The van der Waals surface area contributed by atoms with Gasteiger partial charge in [-0.05, 0) is 52.9 Å². The molecule has 0 fully saturated rings. The van der Waals surface area contributed by atoms with Gasteiger partial charge in [-0.3, -0.25) is 4.79 Å². The number of nitrogens with one attached hydrogen (secondary N) is 1. The molecule has 3 aromatic rings. The van der Waals surface area contributed by atoms with Crippen LogP contribution in [-0.2, 0) is 0 Å². The third kappa shape index (κ3) is 3.82. The van der Waals surface area contributed by atoms with Crippen LogP contribution in [0.15, 0.2) is 54.9 Å². The molecule has 0 aliphatic carbocycles. The summed E-state index contributed by atoms with van der Waals surface area (Å²) in [6.45, 7) is 0. The number of carbonyl (C=O) groups excluding carboxylic acids is 1. The zero-order valence-corrected chi connectivity index (χ0v) is 15.1. The average Bonchev–Trinajstić information content (AvgIpc) is 2.57. The first-order valence-corrected chi connectivity index (χ1v) is 8.36. The van der Waals surface area contributed by atoms with Crippen molar-refractivity contribution in [2.45, 2.75) is 0 Å². The summed E-state index contributed by atoms with van der Waals surface area (Å²) in [6, 6.07) is 11.8. The molecular weight excluding hydrogens is 441 g/mol. The van der Waals surface area contributed by atoms with E-state index in [1.807, 2.05) is 0 Å². The Morgan fingerprint density at radius 2 is 1.88 bits per heavy atom. The second kappa shape index (κ2) is 7.14. The summed E-state index contributed by atoms with van der Waals surface area (Å²) < 4.78 is 0.798. The Kier molecular flexibility index (Phi) is 4.96. The van der Waals surface area contributed by atoms with E-state index in [1.54, 1.807) is 42.5 Å². The van der Waals surface area contributed by atoms with Crippen molar-refractivity contribution in [3.63, 3.8) is 0 Å². The first-order chi connectivity index (χ1) is 11.5. The fourth-order valence-corrected chi connectivity index (χ4v) is 2.81. The summed E-state index contributed by atoms with van der Waals surface area (Å²) >= 11 is 8.01. The lowest BCUT2D eigenvalue weighted by molar-refractivity contribution is 0.102. The molecule has 0 saturated carbocycles. The van der Waals surface area contributed by atoms with Crippen LogP contribution in [0, 0.1) is 3.57 Å². The fourth-order valence-electron chi connectivity index (χ4n) is 2.06. The van der Waals surface area contributed by atoms with E-state index >= 15 is 0 Å². The van der Waals surface area contributed by atoms with Crippen molar-refractivity contribution in [3.8, 4) is 17.1 Å². The lowest BCUT2D eigenvalue weighted by atomic mass is 10.2. The van der Waals surface area contributed by atoms with Crippen LogP contribution in [0.25, 0.3) is 11.4 Å². The molecule has 2 N–H and O–H groups in total. The number of anilines is 1. The minimum Gasteiger partial charge on any atom is -0.508 e. The Morgan fingerprint density at radius 3 is 2.58 bits per heavy atom. The molecule has 0 spiro atoms. The molecule has 0 bridgehead atoms. The maximum absolute atomic E-state index is 12.3. The quantitative estimate of drug-likeness (QED) is 0.580. The van der Waals surface area contributed by atoms with Gasteiger partial charge in [0.15, 0.2) is 5.82 Å². The summed E-state index contributed by atoms with van der Waals surface area (Å²) in [6.07, 6.45) is 3.03. The van der Waals surface area contributed by atoms with E-state index in [0.717, 1.165) is 3.57 Å². The maximum Gasteiger partial charge on any atom is 0.256 e. The molecule has 1 amide bonds. The summed E-state index contributed by atoms with van der Waals surface area (Å²) in [5.41, 5.74) is 1.65. The number of nitrogens with zero attached hydrogens (tertiary/aromatic N) is 2. The third-order valence-electron chi connectivity index (χ3n) is 3.19. The van der Waals surface area contributed by atoms with Crippen molar-refractivity contribution >= 4 is 45.8 Å². The minimum absolute atomic E-state index is 0.143. The predicted molar refractivity (Wildman–Crippen MR) is 101 cm³/mol. The number of benzene rings is 2. The van der Waals surface area contributed by atoms with E-state index in [-0.39, 0.29) is 11.7 Å². The van der Waals surface area contributed by atoms with Gasteiger partial charge in [-0.25, -0.2) is 9.97 Å². The summed E-state index contributed by atoms with van der Waals surface area (Å²) in [4.78, 5) is 20.7. The molecule has 0 aliphatic heterocycles. The van der Waals surface area contributed by atoms with Gasteiger partial charge in [0.1, 0.15) is 5.75 Å². The Morgan fingerprint density at radius 1 is 1.12 bits per heavy atom. The lowest BCUT2D eigenvalue weighted by Gasteiger charge is -2.07. The zero-order valence-electron chi connectivity index (χ0n) is 12.2. The van der Waals surface area contributed by atoms with Crippen LogP contribution >= 0.6 is 34.2 Å². The molecular formula is C17H11ClIN3O2. The van der Waals surface area contributed by atoms with Gasteiger partial charge in [-0.15, -0.1) is 0 Å². The van der Waals surface area contributed by atoms with Crippen molar-refractivity contribution in [1.29, 1.82) is 0 Å². The summed E-state index contributed by atoms with van der Waals surface area (Å²) in [5, 5.41) is 12.7. The standard InChI is InChI=1S/C17H11ClIN3O2/c18-11-4-5-15(19)14(7-11)17(24)22-12-8-20-16(21-9-12)10-2-1-3-13(23)6-10/h1-9,23H,(H,22,24). The number of hydrogen-bond acceptors (Lipinski definition) is 4. The largest absolute Gasteiger partial charge is 0.508 e. The molecule has 24 heavy (non-hydrogen) atoms. The van der Waals surface area contributed by atoms with E-state index in [2.05, 4.69) is 37.9 Å². The first-order valence-electron chi connectivity index (χ1n) is 6.91. The number of rotatable bonds is 3. The van der Waals surface area contributed by atoms with Crippen molar-refractivity contribution in [2.75, 3.05) is 5.32 Å². The smallest absolute Gasteiger partial charge is 0.256 e. The van der Waals surface area contributed by atoms with Crippen LogP contribution in [0.1, 0.15) is 10.4 Å². The van der Waals surface area contributed by atoms with Gasteiger partial charge < -0.3 is 10.4 Å². The van der Waals surface area contributed by atoms with E-state index in [0.29, 0.717) is 27.7 Å². The molecule has 0 unspecified atom stereocenters. The number of aromatic hydroxyl groups is 1. The number of phenols is 1. The number of amides is 1. The highest BCUT2D eigenvalue weighted by Gasteiger charge is 2.11. The molecule has 0 saturated heterocycles. The van der Waals surface area contributed by atoms with Gasteiger partial charge >= 0.3 is 0 Å². The van der Waals surface area contributed by atoms with E-state index in [9.17, 15) is 9.90 Å². The van der Waals surface area contributed by atoms with Gasteiger partial charge in [0.05, 0.1) is 23.6 Å². The molecule has 1 heterocycles. The van der Waals surface area contributed by atoms with E-state index < -0.39 is 0 Å². The molecule has 0 aliphatic rings. The molecule has 0 atom stereocenters. The van der Waals surface area contributed by atoms with Crippen molar-refractivity contribution < 1.29 is 9.90 Å². The van der Waals surface area contributed by atoms with Gasteiger partial charge in [-0.2, -0.15) is 0 Å². The Bertz CT molecular complexity index is 901. The molecule has 0 radical (unpaired) electrons. The highest BCUT2D eigenvalue weighted by molar-refractivity contribution is 14.1. The van der Waals surface area contributed by atoms with Crippen LogP contribution in [0.2, 0.25) is 5.02 Å². The van der Waals surface area contributed by atoms with E-state index in [4.69, 9.17) is 11.6 Å². The van der Waals surface area contributed by atoms with Crippen molar-refractivity contribution in [1.82, 2.24) is 9.97 Å². The summed E-state index contributed by atoms with van der Waals surface area (Å²) in [5.74, 6) is 0.320. The minimum atomic E-state index is -0.282. The SMILES string of the molecule is O=C(Nc1cnc(-c2cccc(O)c2)nc1)c1cc(Cl)ccc1I. The zero-order chi connectivity index (χ0) is 17.1. The Labute approximate surface area is 156 Å². The van der Waals surface area contributed by atoms with Gasteiger partial charge in [0, 0.05) is 14.2 Å². The van der Waals surface area contributed by atoms with Crippen LogP contribution < -0.4 is 5.32 Å². The third-order valence-corrected chi connectivity index (χ3v) is 4.36. The second-order valence-electron chi connectivity index (χ2n) is 4.92. The van der Waals surface area contributed by atoms with Crippen molar-refractivity contribution in [2.24, 2.45) is 0 Å². The number of phenolic OH excluding ortho intramolecular Hbond substituents is 1. The molecule has 5 nitrogen and oxygen atoms in total. The lowest BCUT2D eigenvalue weighted by Crippen LogP contribution is -2.14. The van der Waals surface area contributed by atoms with Crippen LogP contribution in [-0.4, -0.2) is 21.0 Å². The summed E-state index contributed by atoms with van der Waals surface area (Å²) in [7, 11) is 0. The predicted octanol–water partition coefficient (Wildman–Crippen LogP) is 4.36. The number of carbonyl (C=O) groups is 1. The number of hydrogen-bond donors (Lipinski definition) is 2. The number of aromatic nitrogens is 2. The topological polar surface area (TPSA) is 75.1 Å².